The monoisotopic (exact) mass is 662 g/mol. The van der Waals surface area contributed by atoms with Crippen LogP contribution in [0, 0.1) is 0 Å². The average Bonchev–Trinajstić information content (AvgIpc) is 3.02. The second kappa shape index (κ2) is 24.6. The van der Waals surface area contributed by atoms with Crippen molar-refractivity contribution in [3.8, 4) is 0 Å². The SMILES string of the molecule is CCC[N+](CCC)(CCC)CCC.CCC[N+](CCC)(CCC)CCC.O=C(O)c1ccccc1S(=O)c1ccccc1C(=O)O. The summed E-state index contributed by atoms with van der Waals surface area (Å²) in [5.41, 5.74) is -0.211. The first-order valence-electron chi connectivity index (χ1n) is 17.8. The topological polar surface area (TPSA) is 91.7 Å². The van der Waals surface area contributed by atoms with Crippen molar-refractivity contribution in [3.63, 3.8) is 0 Å². The van der Waals surface area contributed by atoms with E-state index in [9.17, 15) is 13.8 Å². The Morgan fingerprint density at radius 2 is 0.696 bits per heavy atom. The number of aromatic carboxylic acids is 2. The van der Waals surface area contributed by atoms with E-state index in [1.807, 2.05) is 0 Å². The van der Waals surface area contributed by atoms with Crippen LogP contribution in [0.5, 0.6) is 0 Å². The molecule has 0 amide bonds. The summed E-state index contributed by atoms with van der Waals surface area (Å²) in [6, 6.07) is 11.7. The van der Waals surface area contributed by atoms with Crippen molar-refractivity contribution in [1.29, 1.82) is 0 Å². The van der Waals surface area contributed by atoms with Crippen LogP contribution in [0.3, 0.4) is 0 Å². The van der Waals surface area contributed by atoms with Crippen LogP contribution in [-0.2, 0) is 10.8 Å². The fourth-order valence-electron chi connectivity index (χ4n) is 6.86. The summed E-state index contributed by atoms with van der Waals surface area (Å²) in [6.07, 6.45) is 10.7. The second-order valence-electron chi connectivity index (χ2n) is 12.3. The molecule has 2 aromatic rings. The highest BCUT2D eigenvalue weighted by atomic mass is 32.2. The van der Waals surface area contributed by atoms with Crippen LogP contribution in [0.4, 0.5) is 0 Å². The van der Waals surface area contributed by atoms with Crippen LogP contribution in [0.1, 0.15) is 127 Å². The number of benzene rings is 2. The Bertz CT molecular complexity index is 1010. The van der Waals surface area contributed by atoms with E-state index in [-0.39, 0.29) is 20.9 Å². The maximum Gasteiger partial charge on any atom is 0.336 e. The molecule has 8 heteroatoms. The van der Waals surface area contributed by atoms with Crippen molar-refractivity contribution < 1.29 is 33.0 Å². The summed E-state index contributed by atoms with van der Waals surface area (Å²) >= 11 is 0. The van der Waals surface area contributed by atoms with E-state index in [1.54, 1.807) is 12.1 Å². The van der Waals surface area contributed by atoms with Crippen molar-refractivity contribution in [2.24, 2.45) is 0 Å². The molecule has 0 heterocycles. The van der Waals surface area contributed by atoms with Crippen LogP contribution in [-0.4, -0.2) is 87.7 Å². The molecule has 0 aromatic heterocycles. The first kappa shape index (κ1) is 43.5. The predicted octanol–water partition coefficient (Wildman–Crippen LogP) is 9.14. The lowest BCUT2D eigenvalue weighted by atomic mass is 10.2. The number of hydrogen-bond donors (Lipinski definition) is 2. The Hall–Kier alpha value is -2.55. The molecule has 0 aliphatic heterocycles. The fraction of sp³-hybridized carbons (Fsp3) is 0.632. The zero-order valence-electron chi connectivity index (χ0n) is 30.4. The molecule has 0 saturated carbocycles. The number of rotatable bonds is 20. The van der Waals surface area contributed by atoms with E-state index >= 15 is 0 Å². The van der Waals surface area contributed by atoms with Crippen LogP contribution < -0.4 is 0 Å². The maximum atomic E-state index is 12.5. The summed E-state index contributed by atoms with van der Waals surface area (Å²) in [6.45, 7) is 29.6. The fourth-order valence-corrected chi connectivity index (χ4v) is 8.22. The first-order chi connectivity index (χ1) is 22.0. The molecular formula is C38H66N2O5S+2. The van der Waals surface area contributed by atoms with E-state index in [2.05, 4.69) is 55.4 Å². The molecule has 2 rings (SSSR count). The lowest BCUT2D eigenvalue weighted by molar-refractivity contribution is -0.928. The largest absolute Gasteiger partial charge is 0.478 e. The summed E-state index contributed by atoms with van der Waals surface area (Å²) in [5.74, 6) is -2.41. The van der Waals surface area contributed by atoms with E-state index in [4.69, 9.17) is 10.2 Å². The summed E-state index contributed by atoms with van der Waals surface area (Å²) in [7, 11) is -1.87. The molecule has 0 fully saturated rings. The van der Waals surface area contributed by atoms with Gasteiger partial charge in [-0.25, -0.2) is 13.8 Å². The van der Waals surface area contributed by atoms with Crippen LogP contribution in [0.25, 0.3) is 0 Å². The zero-order chi connectivity index (χ0) is 35.0. The maximum absolute atomic E-state index is 12.5. The molecule has 46 heavy (non-hydrogen) atoms. The number of carboxylic acid groups (broad SMARTS) is 2. The van der Waals surface area contributed by atoms with Crippen molar-refractivity contribution in [2.45, 2.75) is 117 Å². The van der Waals surface area contributed by atoms with Gasteiger partial charge in [-0.05, 0) is 75.6 Å². The van der Waals surface area contributed by atoms with Crippen molar-refractivity contribution >= 4 is 22.7 Å². The van der Waals surface area contributed by atoms with Crippen molar-refractivity contribution in [1.82, 2.24) is 0 Å². The van der Waals surface area contributed by atoms with Gasteiger partial charge in [0.05, 0.1) is 84.1 Å². The predicted molar refractivity (Wildman–Crippen MR) is 193 cm³/mol. The second-order valence-corrected chi connectivity index (χ2v) is 13.8. The molecular weight excluding hydrogens is 596 g/mol. The van der Waals surface area contributed by atoms with E-state index in [0.29, 0.717) is 0 Å². The van der Waals surface area contributed by atoms with Gasteiger partial charge < -0.3 is 19.2 Å². The van der Waals surface area contributed by atoms with Gasteiger partial charge in [0.25, 0.3) is 0 Å². The van der Waals surface area contributed by atoms with E-state index in [1.165, 1.54) is 149 Å². The third-order valence-electron chi connectivity index (χ3n) is 8.22. The van der Waals surface area contributed by atoms with Gasteiger partial charge in [0.15, 0.2) is 0 Å². The van der Waals surface area contributed by atoms with Gasteiger partial charge in [-0.2, -0.15) is 0 Å². The summed E-state index contributed by atoms with van der Waals surface area (Å²) < 4.78 is 15.2. The normalized spacial score (nSPS) is 11.3. The Balaban J connectivity index is 0.000000691. The Kier molecular flexibility index (Phi) is 23.2. The molecule has 0 atom stereocenters. The minimum absolute atomic E-state index is 0.0775. The van der Waals surface area contributed by atoms with Gasteiger partial charge in [-0.3, -0.25) is 0 Å². The summed E-state index contributed by atoms with van der Waals surface area (Å²) in [4.78, 5) is 22.4. The van der Waals surface area contributed by atoms with Crippen molar-refractivity contribution in [3.05, 3.63) is 59.7 Å². The molecule has 2 N–H and O–H groups in total. The Labute approximate surface area is 283 Å². The molecule has 0 unspecified atom stereocenters. The van der Waals surface area contributed by atoms with Crippen LogP contribution in [0.2, 0.25) is 0 Å². The van der Waals surface area contributed by atoms with Gasteiger partial charge >= 0.3 is 11.9 Å². The lowest BCUT2D eigenvalue weighted by Gasteiger charge is -2.38. The molecule has 0 bridgehead atoms. The molecule has 0 saturated heterocycles. The van der Waals surface area contributed by atoms with E-state index < -0.39 is 22.7 Å². The van der Waals surface area contributed by atoms with Crippen LogP contribution in [0.15, 0.2) is 58.3 Å². The first-order valence-corrected chi connectivity index (χ1v) is 18.9. The van der Waals surface area contributed by atoms with Crippen molar-refractivity contribution in [2.75, 3.05) is 52.4 Å². The molecule has 0 spiro atoms. The molecule has 0 radical (unpaired) electrons. The Morgan fingerprint density at radius 1 is 0.478 bits per heavy atom. The highest BCUT2D eigenvalue weighted by Crippen LogP contribution is 2.23. The third kappa shape index (κ3) is 14.9. The van der Waals surface area contributed by atoms with Gasteiger partial charge in [0.2, 0.25) is 0 Å². The number of carbonyl (C=O) groups is 2. The molecule has 7 nitrogen and oxygen atoms in total. The number of nitrogens with zero attached hydrogens (tertiary/aromatic N) is 2. The van der Waals surface area contributed by atoms with Gasteiger partial charge in [-0.15, -0.1) is 0 Å². The van der Waals surface area contributed by atoms with E-state index in [0.717, 1.165) is 0 Å². The third-order valence-corrected chi connectivity index (χ3v) is 9.73. The number of hydrogen-bond acceptors (Lipinski definition) is 3. The van der Waals surface area contributed by atoms with Gasteiger partial charge in [0, 0.05) is 0 Å². The highest BCUT2D eigenvalue weighted by molar-refractivity contribution is 7.85. The highest BCUT2D eigenvalue weighted by Gasteiger charge is 2.24. The molecule has 0 aliphatic rings. The Morgan fingerprint density at radius 3 is 0.891 bits per heavy atom. The average molecular weight is 663 g/mol. The molecule has 262 valence electrons. The van der Waals surface area contributed by atoms with Gasteiger partial charge in [0.1, 0.15) is 0 Å². The smallest absolute Gasteiger partial charge is 0.336 e. The zero-order valence-corrected chi connectivity index (χ0v) is 31.2. The van der Waals surface area contributed by atoms with Gasteiger partial charge in [-0.1, -0.05) is 79.7 Å². The quantitative estimate of drug-likeness (QED) is 0.138. The number of carboxylic acids is 2. The minimum atomic E-state index is -1.87. The lowest BCUT2D eigenvalue weighted by Crippen LogP contribution is -2.50. The number of quaternary nitrogens is 2. The standard InChI is InChI=1S/C14H10O5S.2C12H28N/c15-13(16)9-5-1-3-7-11(9)20(19)12-8-4-2-6-10(12)14(17)18;2*1-5-9-13(10-6-2,11-7-3)12-8-4/h1-8H,(H,15,16)(H,17,18);2*5-12H2,1-4H3/q;2*+1. The summed E-state index contributed by atoms with van der Waals surface area (Å²) in [5, 5.41) is 18.2. The molecule has 2 aromatic carbocycles. The minimum Gasteiger partial charge on any atom is -0.478 e. The van der Waals surface area contributed by atoms with Crippen LogP contribution >= 0.6 is 0 Å². The molecule has 0 aliphatic carbocycles.